The maximum absolute atomic E-state index is 13.0. The Balaban J connectivity index is 1.75. The highest BCUT2D eigenvalue weighted by Gasteiger charge is 2.21. The molecular formula is C17H21FN4O. The largest absolute Gasteiger partial charge is 0.396 e. The van der Waals surface area contributed by atoms with Gasteiger partial charge in [0.1, 0.15) is 5.82 Å². The van der Waals surface area contributed by atoms with Crippen LogP contribution in [0.1, 0.15) is 29.5 Å². The molecule has 0 aliphatic carbocycles. The van der Waals surface area contributed by atoms with Crippen molar-refractivity contribution in [2.24, 2.45) is 0 Å². The molecule has 0 spiro atoms. The fourth-order valence-electron chi connectivity index (χ4n) is 2.76. The van der Waals surface area contributed by atoms with E-state index in [1.54, 1.807) is 12.1 Å². The first-order valence-corrected chi connectivity index (χ1v) is 7.77. The molecule has 0 amide bonds. The van der Waals surface area contributed by atoms with Gasteiger partial charge >= 0.3 is 0 Å². The number of aryl methyl sites for hydroxylation is 2. The molecule has 3 rings (SSSR count). The third kappa shape index (κ3) is 3.42. The zero-order valence-electron chi connectivity index (χ0n) is 13.4. The van der Waals surface area contributed by atoms with E-state index in [-0.39, 0.29) is 11.9 Å². The number of rotatable bonds is 2. The quantitative estimate of drug-likeness (QED) is 0.923. The van der Waals surface area contributed by atoms with E-state index in [0.717, 1.165) is 36.5 Å². The van der Waals surface area contributed by atoms with Crippen molar-refractivity contribution in [3.63, 3.8) is 0 Å². The van der Waals surface area contributed by atoms with Gasteiger partial charge in [-0.3, -0.25) is 0 Å². The van der Waals surface area contributed by atoms with Crippen molar-refractivity contribution < 1.29 is 9.13 Å². The zero-order valence-corrected chi connectivity index (χ0v) is 13.4. The summed E-state index contributed by atoms with van der Waals surface area (Å²) in [7, 11) is 0. The van der Waals surface area contributed by atoms with Crippen molar-refractivity contribution in [2.45, 2.75) is 26.4 Å². The Hall–Kier alpha value is -2.21. The van der Waals surface area contributed by atoms with E-state index in [4.69, 9.17) is 10.5 Å². The van der Waals surface area contributed by atoms with Crippen molar-refractivity contribution >= 4 is 11.6 Å². The van der Waals surface area contributed by atoms with E-state index in [1.165, 1.54) is 12.1 Å². The molecule has 0 bridgehead atoms. The van der Waals surface area contributed by atoms with E-state index >= 15 is 0 Å². The first-order chi connectivity index (χ1) is 11.0. The van der Waals surface area contributed by atoms with Gasteiger partial charge in [-0.05, 0) is 38.0 Å². The van der Waals surface area contributed by atoms with Crippen LogP contribution in [0, 0.1) is 19.7 Å². The standard InChI is InChI=1S/C17H21FN4O/c1-11-16(19)12(2)21-17(20-11)22-8-7-15(23-10-9-22)13-3-5-14(18)6-4-13/h3-6,15H,7-10,19H2,1-2H3. The Labute approximate surface area is 135 Å². The molecule has 1 unspecified atom stereocenters. The van der Waals surface area contributed by atoms with Crippen molar-refractivity contribution in [2.75, 3.05) is 30.3 Å². The van der Waals surface area contributed by atoms with Crippen LogP contribution in [-0.4, -0.2) is 29.7 Å². The number of halogens is 1. The number of benzene rings is 1. The molecule has 1 aliphatic heterocycles. The highest BCUT2D eigenvalue weighted by Crippen LogP contribution is 2.26. The summed E-state index contributed by atoms with van der Waals surface area (Å²) < 4.78 is 19.0. The van der Waals surface area contributed by atoms with Gasteiger partial charge in [0.2, 0.25) is 5.95 Å². The average Bonchev–Trinajstić information content (AvgIpc) is 2.79. The number of anilines is 2. The number of nitrogen functional groups attached to an aromatic ring is 1. The summed E-state index contributed by atoms with van der Waals surface area (Å²) in [5, 5.41) is 0. The molecule has 6 heteroatoms. The summed E-state index contributed by atoms with van der Waals surface area (Å²) in [5.41, 5.74) is 9.16. The molecule has 1 aromatic carbocycles. The minimum absolute atomic E-state index is 0.0309. The van der Waals surface area contributed by atoms with E-state index in [0.29, 0.717) is 18.2 Å². The predicted octanol–water partition coefficient (Wildman–Crippen LogP) is 2.78. The summed E-state index contributed by atoms with van der Waals surface area (Å²) in [4.78, 5) is 11.1. The molecule has 0 radical (unpaired) electrons. The number of hydrogen-bond donors (Lipinski definition) is 1. The van der Waals surface area contributed by atoms with Crippen LogP contribution in [0.2, 0.25) is 0 Å². The first kappa shape index (κ1) is 15.7. The van der Waals surface area contributed by atoms with E-state index < -0.39 is 0 Å². The van der Waals surface area contributed by atoms with Gasteiger partial charge in [0.25, 0.3) is 0 Å². The fraction of sp³-hybridized carbons (Fsp3) is 0.412. The lowest BCUT2D eigenvalue weighted by Crippen LogP contribution is -2.28. The molecule has 1 atom stereocenters. The molecule has 2 N–H and O–H groups in total. The lowest BCUT2D eigenvalue weighted by atomic mass is 10.1. The van der Waals surface area contributed by atoms with Gasteiger partial charge in [0.15, 0.2) is 0 Å². The van der Waals surface area contributed by atoms with Crippen LogP contribution in [0.5, 0.6) is 0 Å². The smallest absolute Gasteiger partial charge is 0.225 e. The normalized spacial score (nSPS) is 18.7. The molecule has 1 aliphatic rings. The van der Waals surface area contributed by atoms with Gasteiger partial charge < -0.3 is 15.4 Å². The number of nitrogens with two attached hydrogens (primary N) is 1. The third-order valence-corrected chi connectivity index (χ3v) is 4.18. The predicted molar refractivity (Wildman–Crippen MR) is 87.8 cm³/mol. The zero-order chi connectivity index (χ0) is 16.4. The van der Waals surface area contributed by atoms with Crippen LogP contribution in [0.25, 0.3) is 0 Å². The topological polar surface area (TPSA) is 64.3 Å². The molecule has 2 aromatic rings. The minimum Gasteiger partial charge on any atom is -0.396 e. The number of hydrogen-bond acceptors (Lipinski definition) is 5. The van der Waals surface area contributed by atoms with Gasteiger partial charge in [0.05, 0.1) is 29.8 Å². The summed E-state index contributed by atoms with van der Waals surface area (Å²) in [6.07, 6.45) is 0.772. The lowest BCUT2D eigenvalue weighted by molar-refractivity contribution is 0.0647. The van der Waals surface area contributed by atoms with Crippen LogP contribution in [0.15, 0.2) is 24.3 Å². The second-order valence-corrected chi connectivity index (χ2v) is 5.79. The minimum atomic E-state index is -0.231. The van der Waals surface area contributed by atoms with Gasteiger partial charge in [-0.15, -0.1) is 0 Å². The van der Waals surface area contributed by atoms with Crippen molar-refractivity contribution in [3.05, 3.63) is 47.0 Å². The van der Waals surface area contributed by atoms with Crippen molar-refractivity contribution in [3.8, 4) is 0 Å². The molecular weight excluding hydrogens is 295 g/mol. The molecule has 2 heterocycles. The second-order valence-electron chi connectivity index (χ2n) is 5.79. The molecule has 1 aromatic heterocycles. The van der Waals surface area contributed by atoms with Crippen LogP contribution < -0.4 is 10.6 Å². The SMILES string of the molecule is Cc1nc(N2CCOC(c3ccc(F)cc3)CC2)nc(C)c1N. The molecule has 122 valence electrons. The highest BCUT2D eigenvalue weighted by atomic mass is 19.1. The van der Waals surface area contributed by atoms with Gasteiger partial charge in [0, 0.05) is 13.1 Å². The van der Waals surface area contributed by atoms with Crippen LogP contribution >= 0.6 is 0 Å². The lowest BCUT2D eigenvalue weighted by Gasteiger charge is -2.21. The van der Waals surface area contributed by atoms with Gasteiger partial charge in [-0.25, -0.2) is 14.4 Å². The van der Waals surface area contributed by atoms with Gasteiger partial charge in [-0.1, -0.05) is 12.1 Å². The van der Waals surface area contributed by atoms with E-state index in [9.17, 15) is 4.39 Å². The maximum atomic E-state index is 13.0. The van der Waals surface area contributed by atoms with Crippen LogP contribution in [0.4, 0.5) is 16.0 Å². The molecule has 23 heavy (non-hydrogen) atoms. The van der Waals surface area contributed by atoms with Crippen molar-refractivity contribution in [1.82, 2.24) is 9.97 Å². The molecule has 5 nitrogen and oxygen atoms in total. The summed E-state index contributed by atoms with van der Waals surface area (Å²) >= 11 is 0. The molecule has 1 fully saturated rings. The third-order valence-electron chi connectivity index (χ3n) is 4.18. The van der Waals surface area contributed by atoms with Crippen LogP contribution in [0.3, 0.4) is 0 Å². The Bertz CT molecular complexity index is 666. The second kappa shape index (κ2) is 6.50. The highest BCUT2D eigenvalue weighted by molar-refractivity contribution is 5.50. The Morgan fingerprint density at radius 1 is 1.13 bits per heavy atom. The van der Waals surface area contributed by atoms with E-state index in [2.05, 4.69) is 14.9 Å². The first-order valence-electron chi connectivity index (χ1n) is 7.77. The number of nitrogens with zero attached hydrogens (tertiary/aromatic N) is 3. The fourth-order valence-corrected chi connectivity index (χ4v) is 2.76. The summed E-state index contributed by atoms with van der Waals surface area (Å²) in [5.74, 6) is 0.461. The van der Waals surface area contributed by atoms with Crippen LogP contribution in [-0.2, 0) is 4.74 Å². The summed E-state index contributed by atoms with van der Waals surface area (Å²) in [6.45, 7) is 5.87. The maximum Gasteiger partial charge on any atom is 0.225 e. The van der Waals surface area contributed by atoms with Gasteiger partial charge in [-0.2, -0.15) is 0 Å². The van der Waals surface area contributed by atoms with Crippen molar-refractivity contribution in [1.29, 1.82) is 0 Å². The summed E-state index contributed by atoms with van der Waals surface area (Å²) in [6, 6.07) is 6.50. The van der Waals surface area contributed by atoms with E-state index in [1.807, 2.05) is 13.8 Å². The Morgan fingerprint density at radius 2 is 1.78 bits per heavy atom. The Morgan fingerprint density at radius 3 is 2.43 bits per heavy atom. The monoisotopic (exact) mass is 316 g/mol. The molecule has 0 saturated carbocycles. The number of aromatic nitrogens is 2. The Kier molecular flexibility index (Phi) is 4.43. The molecule has 1 saturated heterocycles. The number of ether oxygens (including phenoxy) is 1. The average molecular weight is 316 g/mol.